The van der Waals surface area contributed by atoms with Crippen LogP contribution in [0.4, 0.5) is 0 Å². The maximum Gasteiger partial charge on any atom is 0.0471 e. The van der Waals surface area contributed by atoms with Gasteiger partial charge in [-0.05, 0) is 24.1 Å². The lowest BCUT2D eigenvalue weighted by atomic mass is 10.2. The summed E-state index contributed by atoms with van der Waals surface area (Å²) >= 11 is 4.14. The summed E-state index contributed by atoms with van der Waals surface area (Å²) in [5, 5.41) is 8.57. The number of aliphatic hydroxyl groups is 1. The molecule has 0 fully saturated rings. The van der Waals surface area contributed by atoms with E-state index in [0.29, 0.717) is 0 Å². The largest absolute Gasteiger partial charge is 0.396 e. The second kappa shape index (κ2) is 3.64. The molecule has 1 nitrogen and oxygen atoms in total. The van der Waals surface area contributed by atoms with Gasteiger partial charge in [0.2, 0.25) is 0 Å². The fourth-order valence-electron chi connectivity index (χ4n) is 0.792. The minimum absolute atomic E-state index is 0.214. The van der Waals surface area contributed by atoms with E-state index in [1.165, 1.54) is 0 Å². The van der Waals surface area contributed by atoms with Crippen molar-refractivity contribution in [1.82, 2.24) is 0 Å². The van der Waals surface area contributed by atoms with Gasteiger partial charge in [-0.3, -0.25) is 0 Å². The van der Waals surface area contributed by atoms with E-state index in [0.717, 1.165) is 16.9 Å². The highest BCUT2D eigenvalue weighted by Crippen LogP contribution is 2.07. The molecule has 10 heavy (non-hydrogen) atoms. The van der Waals surface area contributed by atoms with Gasteiger partial charge in [-0.15, -0.1) is 12.6 Å². The van der Waals surface area contributed by atoms with E-state index in [2.05, 4.69) is 12.6 Å². The lowest BCUT2D eigenvalue weighted by molar-refractivity contribution is 0.299. The zero-order chi connectivity index (χ0) is 7.40. The van der Waals surface area contributed by atoms with Crippen LogP contribution in [0.1, 0.15) is 5.56 Å². The van der Waals surface area contributed by atoms with Crippen LogP contribution in [-0.2, 0) is 6.42 Å². The smallest absolute Gasteiger partial charge is 0.0471 e. The topological polar surface area (TPSA) is 20.2 Å². The Kier molecular flexibility index (Phi) is 2.78. The molecule has 0 saturated heterocycles. The van der Waals surface area contributed by atoms with Crippen LogP contribution in [0.15, 0.2) is 29.2 Å². The zero-order valence-corrected chi connectivity index (χ0v) is 6.51. The van der Waals surface area contributed by atoms with Gasteiger partial charge in [0, 0.05) is 11.5 Å². The normalized spacial score (nSPS) is 9.80. The van der Waals surface area contributed by atoms with E-state index in [1.54, 1.807) is 0 Å². The molecule has 0 bridgehead atoms. The van der Waals surface area contributed by atoms with E-state index >= 15 is 0 Å². The highest BCUT2D eigenvalue weighted by atomic mass is 32.1. The Bertz CT molecular complexity index is 193. The highest BCUT2D eigenvalue weighted by molar-refractivity contribution is 7.80. The number of thiol groups is 1. The summed E-state index contributed by atoms with van der Waals surface area (Å²) in [6.07, 6.45) is 0.730. The summed E-state index contributed by atoms with van der Waals surface area (Å²) in [5.74, 6) is 0. The van der Waals surface area contributed by atoms with Crippen LogP contribution >= 0.6 is 12.6 Å². The SMILES string of the molecule is OCCc1ccc(S)cc1. The third-order valence-corrected chi connectivity index (χ3v) is 1.63. The Morgan fingerprint density at radius 1 is 1.20 bits per heavy atom. The van der Waals surface area contributed by atoms with Gasteiger partial charge >= 0.3 is 0 Å². The number of hydrogen-bond donors (Lipinski definition) is 2. The van der Waals surface area contributed by atoms with E-state index in [-0.39, 0.29) is 6.61 Å². The van der Waals surface area contributed by atoms with Gasteiger partial charge in [0.05, 0.1) is 0 Å². The van der Waals surface area contributed by atoms with Gasteiger partial charge in [-0.25, -0.2) is 0 Å². The van der Waals surface area contributed by atoms with Gasteiger partial charge in [-0.2, -0.15) is 0 Å². The first-order chi connectivity index (χ1) is 4.83. The van der Waals surface area contributed by atoms with Crippen LogP contribution < -0.4 is 0 Å². The molecular formula is C8H10OS. The van der Waals surface area contributed by atoms with Gasteiger partial charge in [0.15, 0.2) is 0 Å². The van der Waals surface area contributed by atoms with Crippen molar-refractivity contribution < 1.29 is 5.11 Å². The second-order valence-corrected chi connectivity index (χ2v) is 2.66. The summed E-state index contributed by atoms with van der Waals surface area (Å²) < 4.78 is 0. The van der Waals surface area contributed by atoms with Crippen molar-refractivity contribution in [3.05, 3.63) is 29.8 Å². The summed E-state index contributed by atoms with van der Waals surface area (Å²) in [7, 11) is 0. The van der Waals surface area contributed by atoms with Gasteiger partial charge in [0.1, 0.15) is 0 Å². The van der Waals surface area contributed by atoms with E-state index < -0.39 is 0 Å². The van der Waals surface area contributed by atoms with Crippen LogP contribution in [0, 0.1) is 0 Å². The predicted molar refractivity (Wildman–Crippen MR) is 44.5 cm³/mol. The molecule has 0 atom stereocenters. The van der Waals surface area contributed by atoms with Crippen LogP contribution in [-0.4, -0.2) is 11.7 Å². The molecule has 1 aromatic rings. The molecule has 0 aliphatic rings. The Morgan fingerprint density at radius 2 is 1.80 bits per heavy atom. The van der Waals surface area contributed by atoms with Crippen molar-refractivity contribution in [2.45, 2.75) is 11.3 Å². The van der Waals surface area contributed by atoms with Crippen LogP contribution in [0.3, 0.4) is 0 Å². The number of hydrogen-bond acceptors (Lipinski definition) is 2. The second-order valence-electron chi connectivity index (χ2n) is 2.14. The maximum absolute atomic E-state index is 8.57. The van der Waals surface area contributed by atoms with E-state index in [4.69, 9.17) is 5.11 Å². The van der Waals surface area contributed by atoms with Crippen molar-refractivity contribution in [2.24, 2.45) is 0 Å². The Balaban J connectivity index is 2.69. The summed E-state index contributed by atoms with van der Waals surface area (Å²) in [5.41, 5.74) is 1.15. The summed E-state index contributed by atoms with van der Waals surface area (Å²) in [6.45, 7) is 0.214. The average Bonchev–Trinajstić information content (AvgIpc) is 1.95. The molecule has 0 heterocycles. The minimum atomic E-state index is 0.214. The van der Waals surface area contributed by atoms with Crippen LogP contribution in [0.25, 0.3) is 0 Å². The molecule has 0 radical (unpaired) electrons. The summed E-state index contributed by atoms with van der Waals surface area (Å²) in [4.78, 5) is 0.960. The number of aliphatic hydroxyl groups excluding tert-OH is 1. The summed E-state index contributed by atoms with van der Waals surface area (Å²) in [6, 6.07) is 7.79. The fraction of sp³-hybridized carbons (Fsp3) is 0.250. The molecular weight excluding hydrogens is 144 g/mol. The highest BCUT2D eigenvalue weighted by Gasteiger charge is 1.89. The number of benzene rings is 1. The molecule has 1 rings (SSSR count). The van der Waals surface area contributed by atoms with Crippen LogP contribution in [0.5, 0.6) is 0 Å². The quantitative estimate of drug-likeness (QED) is 0.619. The third kappa shape index (κ3) is 2.05. The average molecular weight is 154 g/mol. The third-order valence-electron chi connectivity index (χ3n) is 1.34. The zero-order valence-electron chi connectivity index (χ0n) is 5.62. The first kappa shape index (κ1) is 7.63. The van der Waals surface area contributed by atoms with Crippen molar-refractivity contribution in [2.75, 3.05) is 6.61 Å². The standard InChI is InChI=1S/C8H10OS/c9-6-5-7-1-3-8(10)4-2-7/h1-4,9-10H,5-6H2. The van der Waals surface area contributed by atoms with E-state index in [9.17, 15) is 0 Å². The van der Waals surface area contributed by atoms with Crippen molar-refractivity contribution >= 4 is 12.6 Å². The monoisotopic (exact) mass is 154 g/mol. The van der Waals surface area contributed by atoms with E-state index in [1.807, 2.05) is 24.3 Å². The Labute approximate surface area is 66.1 Å². The lowest BCUT2D eigenvalue weighted by Crippen LogP contribution is -1.88. The molecule has 0 unspecified atom stereocenters. The molecule has 0 saturated carbocycles. The molecule has 2 heteroatoms. The Morgan fingerprint density at radius 3 is 2.30 bits per heavy atom. The molecule has 1 N–H and O–H groups in total. The predicted octanol–water partition coefficient (Wildman–Crippen LogP) is 1.51. The van der Waals surface area contributed by atoms with Gasteiger partial charge in [0.25, 0.3) is 0 Å². The fourth-order valence-corrected chi connectivity index (χ4v) is 0.941. The van der Waals surface area contributed by atoms with Gasteiger partial charge < -0.3 is 5.11 Å². The molecule has 1 aromatic carbocycles. The molecule has 54 valence electrons. The molecule has 0 aromatic heterocycles. The molecule has 0 amide bonds. The first-order valence-electron chi connectivity index (χ1n) is 3.21. The molecule has 0 spiro atoms. The minimum Gasteiger partial charge on any atom is -0.396 e. The van der Waals surface area contributed by atoms with Crippen molar-refractivity contribution in [3.8, 4) is 0 Å². The number of rotatable bonds is 2. The first-order valence-corrected chi connectivity index (χ1v) is 3.66. The lowest BCUT2D eigenvalue weighted by Gasteiger charge is -1.96. The maximum atomic E-state index is 8.57. The van der Waals surface area contributed by atoms with Crippen LogP contribution in [0.2, 0.25) is 0 Å². The van der Waals surface area contributed by atoms with Crippen molar-refractivity contribution in [3.63, 3.8) is 0 Å². The van der Waals surface area contributed by atoms with Gasteiger partial charge in [-0.1, -0.05) is 12.1 Å². The molecule has 0 aliphatic carbocycles. The molecule has 0 aliphatic heterocycles. The van der Waals surface area contributed by atoms with Crippen molar-refractivity contribution in [1.29, 1.82) is 0 Å². The Hall–Kier alpha value is -0.470.